The van der Waals surface area contributed by atoms with Crippen LogP contribution in [0.2, 0.25) is 72.5 Å². The van der Waals surface area contributed by atoms with Crippen LogP contribution in [-0.4, -0.2) is 84.0 Å². The van der Waals surface area contributed by atoms with Crippen molar-refractivity contribution in [3.8, 4) is 0 Å². The van der Waals surface area contributed by atoms with Gasteiger partial charge in [-0.15, -0.1) is 0 Å². The molecule has 0 saturated carbocycles. The fourth-order valence-electron chi connectivity index (χ4n) is 5.03. The van der Waals surface area contributed by atoms with E-state index in [1.54, 1.807) is 18.3 Å². The zero-order valence-corrected chi connectivity index (χ0v) is 45.4. The van der Waals surface area contributed by atoms with Crippen LogP contribution in [0.1, 0.15) is 112 Å². The van der Waals surface area contributed by atoms with Gasteiger partial charge in [-0.2, -0.15) is 9.97 Å². The van der Waals surface area contributed by atoms with Gasteiger partial charge in [-0.25, -0.2) is 9.97 Å². The molecule has 17 heteroatoms. The molecular formula is C44H78N8O5Si4. The fraction of sp³-hybridized carbons (Fsp3) is 0.659. The Bertz CT molecular complexity index is 2050. The standard InChI is InChI=1S/C44H78N8O5Si4/c1-41(2,3)58(14,15)50-37-35-36(48-40(49-37)51-59(16,17)42(4,5)6)45-28-31(46-35)29-52(13)32-24-22-30(23-25-32)38(54)47-33(39(55)57-61(20,21)44(10,11)12)26-27-34(53)56-60(18,19)43(7,8)9/h22-25,28,33H,26-27,29H2,1-21H3,(H,47,54)(H2,45,48,49,50,51)/t33-/m0/s1. The molecule has 0 unspecified atom stereocenters. The predicted octanol–water partition coefficient (Wildman–Crippen LogP) is 10.9. The first-order valence-electron chi connectivity index (χ1n) is 21.5. The van der Waals surface area contributed by atoms with Gasteiger partial charge >= 0.3 is 5.97 Å². The van der Waals surface area contributed by atoms with Gasteiger partial charge in [0.1, 0.15) is 11.6 Å². The molecule has 0 fully saturated rings. The lowest BCUT2D eigenvalue weighted by molar-refractivity contribution is -0.139. The van der Waals surface area contributed by atoms with Crippen molar-refractivity contribution >= 4 is 79.6 Å². The normalized spacial score (nSPS) is 14.0. The van der Waals surface area contributed by atoms with Crippen LogP contribution in [0.5, 0.6) is 0 Å². The van der Waals surface area contributed by atoms with Gasteiger partial charge in [-0.05, 0) is 77.0 Å². The maximum Gasteiger partial charge on any atom is 0.315 e. The Morgan fingerprint density at radius 1 is 0.689 bits per heavy atom. The van der Waals surface area contributed by atoms with Crippen molar-refractivity contribution in [1.82, 2.24) is 25.3 Å². The first-order chi connectivity index (χ1) is 27.4. The molecule has 0 aliphatic rings. The van der Waals surface area contributed by atoms with E-state index in [-0.39, 0.29) is 39.0 Å². The monoisotopic (exact) mass is 911 g/mol. The smallest absolute Gasteiger partial charge is 0.315 e. The van der Waals surface area contributed by atoms with Gasteiger partial charge in [0.2, 0.25) is 5.95 Å². The summed E-state index contributed by atoms with van der Waals surface area (Å²) in [5.41, 5.74) is 3.11. The minimum atomic E-state index is -2.52. The Labute approximate surface area is 371 Å². The Morgan fingerprint density at radius 3 is 1.70 bits per heavy atom. The number of anilines is 3. The first kappa shape index (κ1) is 51.7. The van der Waals surface area contributed by atoms with Crippen LogP contribution in [0.25, 0.3) is 11.2 Å². The molecule has 3 rings (SSSR count). The second-order valence-electron chi connectivity index (χ2n) is 22.8. The highest BCUT2D eigenvalue weighted by Crippen LogP contribution is 2.40. The second-order valence-corrected chi connectivity index (χ2v) is 42.3. The minimum Gasteiger partial charge on any atom is -0.519 e. The number of hydrogen-bond acceptors (Lipinski definition) is 12. The molecule has 3 N–H and O–H groups in total. The maximum absolute atomic E-state index is 13.7. The molecule has 0 spiro atoms. The molecule has 3 aromatic rings. The summed E-state index contributed by atoms with van der Waals surface area (Å²) in [6.07, 6.45) is 1.79. The Kier molecular flexibility index (Phi) is 15.4. The van der Waals surface area contributed by atoms with E-state index in [2.05, 4.69) is 104 Å². The van der Waals surface area contributed by atoms with E-state index in [0.29, 0.717) is 35.0 Å². The molecule has 2 heterocycles. The topological polar surface area (TPSA) is 161 Å². The van der Waals surface area contributed by atoms with E-state index >= 15 is 0 Å². The number of carbonyl (C=O) groups excluding carboxylic acids is 3. The van der Waals surface area contributed by atoms with Crippen molar-refractivity contribution in [2.24, 2.45) is 0 Å². The summed E-state index contributed by atoms with van der Waals surface area (Å²) in [4.78, 5) is 69.8. The Balaban J connectivity index is 1.87. The van der Waals surface area contributed by atoms with E-state index in [1.807, 2.05) is 71.0 Å². The van der Waals surface area contributed by atoms with Crippen LogP contribution in [0.4, 0.5) is 17.5 Å². The van der Waals surface area contributed by atoms with Crippen molar-refractivity contribution in [2.75, 3.05) is 21.9 Å². The molecule has 13 nitrogen and oxygen atoms in total. The highest BCUT2D eigenvalue weighted by molar-refractivity contribution is 6.83. The van der Waals surface area contributed by atoms with Crippen molar-refractivity contribution in [3.63, 3.8) is 0 Å². The Morgan fingerprint density at radius 2 is 1.20 bits per heavy atom. The number of nitrogens with zero attached hydrogens (tertiary/aromatic N) is 5. The summed E-state index contributed by atoms with van der Waals surface area (Å²) in [5, 5.41) is 2.60. The molecule has 1 aromatic carbocycles. The summed E-state index contributed by atoms with van der Waals surface area (Å²) < 4.78 is 12.1. The van der Waals surface area contributed by atoms with Crippen molar-refractivity contribution in [2.45, 2.75) is 181 Å². The Hall–Kier alpha value is -3.68. The molecule has 0 radical (unpaired) electrons. The van der Waals surface area contributed by atoms with E-state index in [4.69, 9.17) is 28.8 Å². The van der Waals surface area contributed by atoms with E-state index in [0.717, 1.165) is 11.4 Å². The lowest BCUT2D eigenvalue weighted by atomic mass is 10.1. The van der Waals surface area contributed by atoms with Gasteiger partial charge in [0.25, 0.3) is 28.5 Å². The van der Waals surface area contributed by atoms with E-state index in [9.17, 15) is 14.4 Å². The average molecular weight is 912 g/mol. The van der Waals surface area contributed by atoms with Crippen molar-refractivity contribution in [1.29, 1.82) is 0 Å². The van der Waals surface area contributed by atoms with Crippen LogP contribution in [0.3, 0.4) is 0 Å². The van der Waals surface area contributed by atoms with Crippen molar-refractivity contribution in [3.05, 3.63) is 41.7 Å². The highest BCUT2D eigenvalue weighted by Gasteiger charge is 2.43. The number of fused-ring (bicyclic) bond motifs is 1. The third kappa shape index (κ3) is 13.2. The number of carbonyl (C=O) groups is 3. The number of nitrogens with one attached hydrogen (secondary N) is 3. The summed E-state index contributed by atoms with van der Waals surface area (Å²) in [6.45, 7) is 43.4. The number of benzene rings is 1. The number of amides is 1. The second kappa shape index (κ2) is 18.2. The number of rotatable bonds is 15. The van der Waals surface area contributed by atoms with Crippen molar-refractivity contribution < 1.29 is 23.2 Å². The number of aromatic nitrogens is 4. The third-order valence-corrected chi connectivity index (χ3v) is 31.5. The SMILES string of the molecule is CN(Cc1cnc2nc(N[Si](C)(C)C(C)(C)C)nc(N[Si](C)(C)C(C)(C)C)c2n1)c1ccc(C(=O)N[C@@H](CCC(=O)O[Si](C)(C)C(C)(C)C)C(=O)O[Si](C)(C)C(C)(C)C)cc1. The van der Waals surface area contributed by atoms with Crippen LogP contribution < -0.4 is 20.2 Å². The fourth-order valence-corrected chi connectivity index (χ4v) is 9.15. The largest absolute Gasteiger partial charge is 0.519 e. The summed E-state index contributed by atoms with van der Waals surface area (Å²) >= 11 is 0. The van der Waals surface area contributed by atoms with Crippen LogP contribution in [0.15, 0.2) is 30.5 Å². The molecule has 1 amide bonds. The van der Waals surface area contributed by atoms with Gasteiger partial charge in [0.05, 0.1) is 18.4 Å². The molecule has 340 valence electrons. The molecule has 0 bridgehead atoms. The van der Waals surface area contributed by atoms with E-state index < -0.39 is 51.0 Å². The molecule has 0 aliphatic carbocycles. The van der Waals surface area contributed by atoms with Crippen LogP contribution >= 0.6 is 0 Å². The zero-order valence-electron chi connectivity index (χ0n) is 41.4. The molecular weight excluding hydrogens is 833 g/mol. The number of hydrogen-bond donors (Lipinski definition) is 3. The summed E-state index contributed by atoms with van der Waals surface area (Å²) in [5.74, 6) is -0.109. The molecule has 2 aromatic heterocycles. The van der Waals surface area contributed by atoms with Gasteiger partial charge < -0.3 is 29.0 Å². The van der Waals surface area contributed by atoms with Gasteiger partial charge in [-0.3, -0.25) is 14.4 Å². The third-order valence-electron chi connectivity index (χ3n) is 13.6. The van der Waals surface area contributed by atoms with E-state index in [1.165, 1.54) is 0 Å². The molecule has 61 heavy (non-hydrogen) atoms. The molecule has 0 saturated heterocycles. The molecule has 1 atom stereocenters. The van der Waals surface area contributed by atoms with Crippen LogP contribution in [0, 0.1) is 0 Å². The average Bonchev–Trinajstić information content (AvgIpc) is 3.07. The molecule has 0 aliphatic heterocycles. The van der Waals surface area contributed by atoms with Crippen LogP contribution in [-0.2, 0) is 25.0 Å². The minimum absolute atomic E-state index is 0.0274. The predicted molar refractivity (Wildman–Crippen MR) is 262 cm³/mol. The van der Waals surface area contributed by atoms with Gasteiger partial charge in [0, 0.05) is 24.7 Å². The lowest BCUT2D eigenvalue weighted by Crippen LogP contribution is -2.49. The lowest BCUT2D eigenvalue weighted by Gasteiger charge is -2.38. The first-order valence-corrected chi connectivity index (χ1v) is 33.4. The maximum atomic E-state index is 13.7. The van der Waals surface area contributed by atoms with Gasteiger partial charge in [0.15, 0.2) is 27.9 Å². The van der Waals surface area contributed by atoms with Gasteiger partial charge in [-0.1, -0.05) is 109 Å². The highest BCUT2D eigenvalue weighted by atomic mass is 28.4. The quantitative estimate of drug-likeness (QED) is 0.124. The summed E-state index contributed by atoms with van der Waals surface area (Å²) in [7, 11) is -6.99. The zero-order chi connectivity index (χ0) is 46.9. The summed E-state index contributed by atoms with van der Waals surface area (Å²) in [6, 6.07) is 6.13.